The highest BCUT2D eigenvalue weighted by Gasteiger charge is 2.49. The van der Waals surface area contributed by atoms with E-state index in [4.69, 9.17) is 22.1 Å². The van der Waals surface area contributed by atoms with Gasteiger partial charge in [0.2, 0.25) is 5.65 Å². The van der Waals surface area contributed by atoms with Gasteiger partial charge in [-0.05, 0) is 32.0 Å². The van der Waals surface area contributed by atoms with E-state index in [-0.39, 0.29) is 22.7 Å². The average molecular weight is 387 g/mol. The number of H-pyrrole nitrogens is 1. The molecule has 0 bridgehead atoms. The van der Waals surface area contributed by atoms with Gasteiger partial charge in [-0.3, -0.25) is 5.10 Å². The molecular formula is C17H19ClN8O. The van der Waals surface area contributed by atoms with Gasteiger partial charge < -0.3 is 15.8 Å². The molecular weight excluding hydrogens is 368 g/mol. The summed E-state index contributed by atoms with van der Waals surface area (Å²) in [6.45, 7) is 2.60. The monoisotopic (exact) mass is 386 g/mol. The van der Waals surface area contributed by atoms with Crippen molar-refractivity contribution in [2.24, 2.45) is 11.1 Å². The lowest BCUT2D eigenvalue weighted by Crippen LogP contribution is -2.48. The molecule has 3 aromatic rings. The number of ether oxygens (including phenoxy) is 1. The minimum Gasteiger partial charge on any atom is -0.370 e. The van der Waals surface area contributed by atoms with Crippen molar-refractivity contribution in [3.05, 3.63) is 29.3 Å². The zero-order valence-electron chi connectivity index (χ0n) is 14.5. The van der Waals surface area contributed by atoms with Crippen molar-refractivity contribution in [1.82, 2.24) is 35.7 Å². The molecule has 0 amide bonds. The first kappa shape index (κ1) is 16.9. The molecule has 2 fully saturated rings. The van der Waals surface area contributed by atoms with Crippen molar-refractivity contribution >= 4 is 22.8 Å². The van der Waals surface area contributed by atoms with Crippen LogP contribution >= 0.6 is 11.6 Å². The smallest absolute Gasteiger partial charge is 0.200 e. The molecule has 2 atom stereocenters. The molecule has 2 unspecified atom stereocenters. The Kier molecular flexibility index (Phi) is 4.05. The number of nitrogens with two attached hydrogens (primary N) is 1. The molecule has 0 aromatic carbocycles. The molecule has 0 radical (unpaired) electrons. The molecule has 2 aliphatic rings. The van der Waals surface area contributed by atoms with Crippen molar-refractivity contribution in [3.63, 3.8) is 0 Å². The second-order valence-corrected chi connectivity index (χ2v) is 7.53. The van der Waals surface area contributed by atoms with Crippen LogP contribution in [-0.4, -0.2) is 56.1 Å². The number of hydrogen-bond acceptors (Lipinski definition) is 8. The van der Waals surface area contributed by atoms with Crippen molar-refractivity contribution in [1.29, 1.82) is 0 Å². The predicted molar refractivity (Wildman–Crippen MR) is 98.9 cm³/mol. The van der Waals surface area contributed by atoms with Gasteiger partial charge in [0.1, 0.15) is 11.6 Å². The van der Waals surface area contributed by atoms with Gasteiger partial charge in [0, 0.05) is 17.0 Å². The minimum absolute atomic E-state index is 0.0134. The summed E-state index contributed by atoms with van der Waals surface area (Å²) >= 11 is 6.14. The normalized spacial score (nSPS) is 24.7. The Hall–Kier alpha value is -2.20. The highest BCUT2D eigenvalue weighted by atomic mass is 35.5. The number of piperidine rings is 1. The lowest BCUT2D eigenvalue weighted by molar-refractivity contribution is 0.0841. The number of aromatic amines is 1. The van der Waals surface area contributed by atoms with Crippen LogP contribution in [0.25, 0.3) is 22.4 Å². The van der Waals surface area contributed by atoms with Gasteiger partial charge in [-0.1, -0.05) is 11.6 Å². The molecule has 5 heterocycles. The second-order valence-electron chi connectivity index (χ2n) is 7.17. The first-order valence-corrected chi connectivity index (χ1v) is 9.32. The summed E-state index contributed by atoms with van der Waals surface area (Å²) in [5, 5.41) is 18.5. The van der Waals surface area contributed by atoms with Crippen LogP contribution in [0.15, 0.2) is 18.5 Å². The van der Waals surface area contributed by atoms with E-state index in [9.17, 15) is 0 Å². The number of rotatable bonds is 2. The van der Waals surface area contributed by atoms with Crippen LogP contribution < -0.4 is 11.1 Å². The van der Waals surface area contributed by atoms with Crippen LogP contribution in [0.4, 0.5) is 0 Å². The van der Waals surface area contributed by atoms with E-state index in [1.165, 1.54) is 0 Å². The number of nitrogens with zero attached hydrogens (tertiary/aromatic N) is 5. The molecule has 2 aliphatic heterocycles. The third-order valence-corrected chi connectivity index (χ3v) is 5.98. The fourth-order valence-electron chi connectivity index (χ4n) is 4.08. The van der Waals surface area contributed by atoms with Crippen molar-refractivity contribution < 1.29 is 4.74 Å². The van der Waals surface area contributed by atoms with Gasteiger partial charge in [-0.25, -0.2) is 9.97 Å². The van der Waals surface area contributed by atoms with Gasteiger partial charge in [-0.15, -0.1) is 5.10 Å². The Balaban J connectivity index is 1.49. The second kappa shape index (κ2) is 6.45. The van der Waals surface area contributed by atoms with E-state index in [2.05, 4.69) is 35.7 Å². The van der Waals surface area contributed by atoms with E-state index in [1.54, 1.807) is 18.5 Å². The third-order valence-electron chi connectivity index (χ3n) is 5.70. The first-order chi connectivity index (χ1) is 13.2. The van der Waals surface area contributed by atoms with Gasteiger partial charge in [0.25, 0.3) is 0 Å². The fourth-order valence-corrected chi connectivity index (χ4v) is 4.28. The van der Waals surface area contributed by atoms with Crippen LogP contribution in [0.2, 0.25) is 5.15 Å². The molecule has 0 aliphatic carbocycles. The highest BCUT2D eigenvalue weighted by Crippen LogP contribution is 2.45. The van der Waals surface area contributed by atoms with Crippen LogP contribution in [0.5, 0.6) is 0 Å². The summed E-state index contributed by atoms with van der Waals surface area (Å²) in [5.41, 5.74) is 9.78. The highest BCUT2D eigenvalue weighted by molar-refractivity contribution is 6.32. The Morgan fingerprint density at radius 2 is 2.15 bits per heavy atom. The molecule has 0 saturated carbocycles. The summed E-state index contributed by atoms with van der Waals surface area (Å²) in [5.74, 6) is 0. The molecule has 5 rings (SSSR count). The topological polar surface area (TPSA) is 128 Å². The Bertz CT molecular complexity index is 986. The van der Waals surface area contributed by atoms with E-state index in [0.717, 1.165) is 25.9 Å². The van der Waals surface area contributed by atoms with E-state index in [1.807, 2.05) is 0 Å². The first-order valence-electron chi connectivity index (χ1n) is 8.94. The Morgan fingerprint density at radius 3 is 2.96 bits per heavy atom. The maximum absolute atomic E-state index is 6.60. The van der Waals surface area contributed by atoms with Crippen molar-refractivity contribution in [2.45, 2.75) is 25.0 Å². The zero-order chi connectivity index (χ0) is 18.4. The molecule has 140 valence electrons. The minimum atomic E-state index is -0.272. The number of hydrogen-bond donors (Lipinski definition) is 3. The van der Waals surface area contributed by atoms with Gasteiger partial charge in [0.05, 0.1) is 30.4 Å². The van der Waals surface area contributed by atoms with Crippen molar-refractivity contribution in [3.8, 4) is 11.3 Å². The largest absolute Gasteiger partial charge is 0.370 e. The summed E-state index contributed by atoms with van der Waals surface area (Å²) in [6, 6.07) is 1.65. The summed E-state index contributed by atoms with van der Waals surface area (Å²) in [7, 11) is 0. The summed E-state index contributed by atoms with van der Waals surface area (Å²) in [6.07, 6.45) is 5.04. The van der Waals surface area contributed by atoms with E-state index in [0.29, 0.717) is 34.7 Å². The maximum atomic E-state index is 6.60. The molecule has 4 N–H and O–H groups in total. The molecule has 10 heteroatoms. The summed E-state index contributed by atoms with van der Waals surface area (Å²) < 4.78 is 6.07. The number of halogens is 1. The van der Waals surface area contributed by atoms with Crippen LogP contribution in [0.1, 0.15) is 24.6 Å². The van der Waals surface area contributed by atoms with E-state index >= 15 is 0 Å². The van der Waals surface area contributed by atoms with Crippen LogP contribution in [0, 0.1) is 5.41 Å². The van der Waals surface area contributed by atoms with Crippen LogP contribution in [-0.2, 0) is 4.74 Å². The SMILES string of the molecule is NC1C(c2cnc3c(-c4ccnnc4Cl)[nH]nc3n2)OCC12CCNCC2. The van der Waals surface area contributed by atoms with Gasteiger partial charge in [0.15, 0.2) is 5.15 Å². The molecule has 1 spiro atoms. The number of nitrogens with one attached hydrogen (secondary N) is 2. The quantitative estimate of drug-likeness (QED) is 0.600. The lowest BCUT2D eigenvalue weighted by atomic mass is 9.73. The van der Waals surface area contributed by atoms with Gasteiger partial charge in [-0.2, -0.15) is 10.2 Å². The average Bonchev–Trinajstić information content (AvgIpc) is 3.25. The van der Waals surface area contributed by atoms with Crippen LogP contribution in [0.3, 0.4) is 0 Å². The van der Waals surface area contributed by atoms with Gasteiger partial charge >= 0.3 is 0 Å². The fraction of sp³-hybridized carbons (Fsp3) is 0.471. The standard InChI is InChI=1S/C17H19ClN8O/c18-15-9(1-4-22-25-15)11-12-16(26-24-11)23-10(7-21-12)13-14(19)17(8-27-13)2-5-20-6-3-17/h1,4,7,13-14,20H,2-3,5-6,8,19H2,(H,23,24,26). The zero-order valence-corrected chi connectivity index (χ0v) is 15.3. The Morgan fingerprint density at radius 1 is 1.30 bits per heavy atom. The predicted octanol–water partition coefficient (Wildman–Crippen LogP) is 1.23. The number of aromatic nitrogens is 6. The maximum Gasteiger partial charge on any atom is 0.200 e. The third kappa shape index (κ3) is 2.69. The molecule has 9 nitrogen and oxygen atoms in total. The van der Waals surface area contributed by atoms with Crippen molar-refractivity contribution in [2.75, 3.05) is 19.7 Å². The lowest BCUT2D eigenvalue weighted by Gasteiger charge is -2.36. The molecule has 27 heavy (non-hydrogen) atoms. The Labute approximate surface area is 160 Å². The summed E-state index contributed by atoms with van der Waals surface area (Å²) in [4.78, 5) is 9.22. The molecule has 2 saturated heterocycles. The molecule has 3 aromatic heterocycles. The number of fused-ring (bicyclic) bond motifs is 1. The van der Waals surface area contributed by atoms with E-state index < -0.39 is 0 Å².